The van der Waals surface area contributed by atoms with Gasteiger partial charge in [0.1, 0.15) is 5.75 Å². The summed E-state index contributed by atoms with van der Waals surface area (Å²) in [6, 6.07) is 5.95. The molecule has 0 aliphatic heterocycles. The molecular formula is C20H28ClNO2. The first kappa shape index (κ1) is 17.6. The number of halogens is 1. The summed E-state index contributed by atoms with van der Waals surface area (Å²) in [5.41, 5.74) is 1.01. The Labute approximate surface area is 150 Å². The molecular weight excluding hydrogens is 322 g/mol. The van der Waals surface area contributed by atoms with Crippen molar-refractivity contribution < 1.29 is 9.53 Å². The molecule has 0 unspecified atom stereocenters. The third-order valence-corrected chi connectivity index (χ3v) is 6.19. The summed E-state index contributed by atoms with van der Waals surface area (Å²) in [5.74, 6) is 3.44. The van der Waals surface area contributed by atoms with E-state index in [0.717, 1.165) is 34.6 Å². The topological polar surface area (TPSA) is 38.3 Å². The van der Waals surface area contributed by atoms with Crippen LogP contribution in [-0.4, -0.2) is 18.6 Å². The average Bonchev–Trinajstić information content (AvgIpc) is 3.18. The number of hydrogen-bond donors (Lipinski definition) is 1. The summed E-state index contributed by atoms with van der Waals surface area (Å²) < 4.78 is 5.70. The molecule has 0 saturated heterocycles. The number of fused-ring (bicyclic) bond motifs is 2. The van der Waals surface area contributed by atoms with Crippen LogP contribution < -0.4 is 10.1 Å². The van der Waals surface area contributed by atoms with E-state index in [-0.39, 0.29) is 5.91 Å². The van der Waals surface area contributed by atoms with Crippen molar-refractivity contribution in [3.8, 4) is 5.75 Å². The van der Waals surface area contributed by atoms with Crippen molar-refractivity contribution in [2.45, 2.75) is 58.4 Å². The van der Waals surface area contributed by atoms with Gasteiger partial charge in [0, 0.05) is 17.5 Å². The summed E-state index contributed by atoms with van der Waals surface area (Å²) in [5, 5.41) is 3.96. The van der Waals surface area contributed by atoms with Crippen molar-refractivity contribution in [3.05, 3.63) is 28.8 Å². The van der Waals surface area contributed by atoms with Crippen LogP contribution >= 0.6 is 11.6 Å². The molecule has 2 bridgehead atoms. The van der Waals surface area contributed by atoms with Gasteiger partial charge < -0.3 is 10.1 Å². The molecule has 1 N–H and O–H groups in total. The minimum Gasteiger partial charge on any atom is -0.494 e. The summed E-state index contributed by atoms with van der Waals surface area (Å²) in [7, 11) is 0. The van der Waals surface area contributed by atoms with Gasteiger partial charge in [-0.1, -0.05) is 18.0 Å². The second kappa shape index (κ2) is 7.77. The van der Waals surface area contributed by atoms with Gasteiger partial charge in [-0.05, 0) is 81.0 Å². The SMILES string of the molecule is Cc1cc(OCCCC(=O)N[C@@H](C)[C@@H]2C[C@H]3CC[C@H]2C3)ccc1Cl. The Kier molecular flexibility index (Phi) is 5.70. The summed E-state index contributed by atoms with van der Waals surface area (Å²) in [6.45, 7) is 4.69. The van der Waals surface area contributed by atoms with Crippen molar-refractivity contribution in [3.63, 3.8) is 0 Å². The van der Waals surface area contributed by atoms with E-state index in [2.05, 4.69) is 12.2 Å². The molecule has 0 aromatic heterocycles. The van der Waals surface area contributed by atoms with Crippen molar-refractivity contribution >= 4 is 17.5 Å². The largest absolute Gasteiger partial charge is 0.494 e. The minimum absolute atomic E-state index is 0.154. The quantitative estimate of drug-likeness (QED) is 0.721. The van der Waals surface area contributed by atoms with Crippen molar-refractivity contribution in [2.75, 3.05) is 6.61 Å². The highest BCUT2D eigenvalue weighted by Gasteiger charge is 2.41. The Morgan fingerprint density at radius 3 is 2.88 bits per heavy atom. The van der Waals surface area contributed by atoms with Gasteiger partial charge >= 0.3 is 0 Å². The van der Waals surface area contributed by atoms with E-state index in [1.165, 1.54) is 25.7 Å². The number of carbonyl (C=O) groups excluding carboxylic acids is 1. The number of aryl methyl sites for hydroxylation is 1. The van der Waals surface area contributed by atoms with Crippen LogP contribution in [0, 0.1) is 24.7 Å². The Hall–Kier alpha value is -1.22. The van der Waals surface area contributed by atoms with Crippen molar-refractivity contribution in [1.82, 2.24) is 5.32 Å². The fourth-order valence-electron chi connectivity index (χ4n) is 4.47. The Morgan fingerprint density at radius 2 is 2.21 bits per heavy atom. The second-order valence-electron chi connectivity index (χ2n) is 7.56. The summed E-state index contributed by atoms with van der Waals surface area (Å²) in [4.78, 5) is 12.1. The number of carbonyl (C=O) groups is 1. The molecule has 3 nitrogen and oxygen atoms in total. The Balaban J connectivity index is 1.34. The Morgan fingerprint density at radius 1 is 1.38 bits per heavy atom. The molecule has 0 radical (unpaired) electrons. The highest BCUT2D eigenvalue weighted by atomic mass is 35.5. The van der Waals surface area contributed by atoms with E-state index in [1.807, 2.05) is 25.1 Å². The van der Waals surface area contributed by atoms with Gasteiger partial charge in [-0.15, -0.1) is 0 Å². The molecule has 1 aromatic rings. The van der Waals surface area contributed by atoms with Gasteiger partial charge in [-0.2, -0.15) is 0 Å². The van der Waals surface area contributed by atoms with E-state index < -0.39 is 0 Å². The number of benzene rings is 1. The first-order valence-electron chi connectivity index (χ1n) is 9.21. The fourth-order valence-corrected chi connectivity index (χ4v) is 4.59. The molecule has 3 rings (SSSR count). The zero-order valence-corrected chi connectivity index (χ0v) is 15.4. The molecule has 2 aliphatic rings. The van der Waals surface area contributed by atoms with Gasteiger partial charge in [-0.25, -0.2) is 0 Å². The molecule has 0 spiro atoms. The molecule has 4 atom stereocenters. The van der Waals surface area contributed by atoms with Crippen LogP contribution in [0.5, 0.6) is 5.75 Å². The first-order valence-corrected chi connectivity index (χ1v) is 9.59. The number of amides is 1. The zero-order valence-electron chi connectivity index (χ0n) is 14.7. The molecule has 2 fully saturated rings. The number of rotatable bonds is 7. The van der Waals surface area contributed by atoms with Crippen LogP contribution in [0.15, 0.2) is 18.2 Å². The fraction of sp³-hybridized carbons (Fsp3) is 0.650. The van der Waals surface area contributed by atoms with E-state index in [1.54, 1.807) is 0 Å². The second-order valence-corrected chi connectivity index (χ2v) is 7.97. The maximum absolute atomic E-state index is 12.1. The molecule has 4 heteroatoms. The van der Waals surface area contributed by atoms with Crippen LogP contribution in [0.1, 0.15) is 51.0 Å². The molecule has 24 heavy (non-hydrogen) atoms. The van der Waals surface area contributed by atoms with Crippen LogP contribution in [0.4, 0.5) is 0 Å². The van der Waals surface area contributed by atoms with E-state index >= 15 is 0 Å². The third kappa shape index (κ3) is 4.24. The zero-order chi connectivity index (χ0) is 17.1. The number of hydrogen-bond acceptors (Lipinski definition) is 2. The normalized spacial score (nSPS) is 26.4. The summed E-state index contributed by atoms with van der Waals surface area (Å²) >= 11 is 6.00. The molecule has 132 valence electrons. The van der Waals surface area contributed by atoms with Crippen LogP contribution in [0.3, 0.4) is 0 Å². The lowest BCUT2D eigenvalue weighted by atomic mass is 9.84. The van der Waals surface area contributed by atoms with Gasteiger partial charge in [0.25, 0.3) is 0 Å². The van der Waals surface area contributed by atoms with E-state index in [4.69, 9.17) is 16.3 Å². The van der Waals surface area contributed by atoms with Crippen molar-refractivity contribution in [2.24, 2.45) is 17.8 Å². The minimum atomic E-state index is 0.154. The Bertz CT molecular complexity index is 589. The predicted molar refractivity (Wildman–Crippen MR) is 97.5 cm³/mol. The highest BCUT2D eigenvalue weighted by Crippen LogP contribution is 2.49. The molecule has 2 saturated carbocycles. The van der Waals surface area contributed by atoms with E-state index in [9.17, 15) is 4.79 Å². The molecule has 1 amide bonds. The average molecular weight is 350 g/mol. The van der Waals surface area contributed by atoms with Gasteiger partial charge in [0.05, 0.1) is 6.61 Å². The monoisotopic (exact) mass is 349 g/mol. The third-order valence-electron chi connectivity index (χ3n) is 5.77. The van der Waals surface area contributed by atoms with Crippen molar-refractivity contribution in [1.29, 1.82) is 0 Å². The molecule has 2 aliphatic carbocycles. The smallest absolute Gasteiger partial charge is 0.220 e. The van der Waals surface area contributed by atoms with Crippen LogP contribution in [-0.2, 0) is 4.79 Å². The number of ether oxygens (including phenoxy) is 1. The van der Waals surface area contributed by atoms with Crippen LogP contribution in [0.25, 0.3) is 0 Å². The lowest BCUT2D eigenvalue weighted by Gasteiger charge is -2.28. The molecule has 0 heterocycles. The maximum atomic E-state index is 12.1. The summed E-state index contributed by atoms with van der Waals surface area (Å²) in [6.07, 6.45) is 6.73. The highest BCUT2D eigenvalue weighted by molar-refractivity contribution is 6.31. The van der Waals surface area contributed by atoms with Gasteiger partial charge in [-0.3, -0.25) is 4.79 Å². The molecule has 1 aromatic carbocycles. The first-order chi connectivity index (χ1) is 11.5. The predicted octanol–water partition coefficient (Wildman–Crippen LogP) is 4.75. The lowest BCUT2D eigenvalue weighted by molar-refractivity contribution is -0.122. The van der Waals surface area contributed by atoms with Gasteiger partial charge in [0.15, 0.2) is 0 Å². The van der Waals surface area contributed by atoms with E-state index in [0.29, 0.717) is 25.0 Å². The lowest BCUT2D eigenvalue weighted by Crippen LogP contribution is -2.40. The van der Waals surface area contributed by atoms with Gasteiger partial charge in [0.2, 0.25) is 5.91 Å². The van der Waals surface area contributed by atoms with Crippen LogP contribution in [0.2, 0.25) is 5.02 Å². The standard InChI is InChI=1S/C20H28ClNO2/c1-13-10-17(7-8-19(13)21)24-9-3-4-20(23)22-14(2)18-12-15-5-6-16(18)11-15/h7-8,10,14-16,18H,3-6,9,11-12H2,1-2H3,(H,22,23)/t14-,15-,16-,18-/m0/s1. The number of nitrogens with one attached hydrogen (secondary N) is 1. The maximum Gasteiger partial charge on any atom is 0.220 e.